The third-order valence-electron chi connectivity index (χ3n) is 2.51. The first kappa shape index (κ1) is 9.61. The van der Waals surface area contributed by atoms with E-state index in [-0.39, 0.29) is 5.91 Å². The summed E-state index contributed by atoms with van der Waals surface area (Å²) in [6.45, 7) is 0. The van der Waals surface area contributed by atoms with E-state index < -0.39 is 5.60 Å². The average Bonchev–Trinajstić information content (AvgIpc) is 2.76. The molecule has 14 heavy (non-hydrogen) atoms. The number of thiazole rings is 1. The maximum Gasteiger partial charge on any atom is 0.258 e. The van der Waals surface area contributed by atoms with Crippen molar-refractivity contribution in [1.29, 1.82) is 0 Å². The van der Waals surface area contributed by atoms with Crippen LogP contribution in [0.15, 0.2) is 11.6 Å². The second-order valence-corrected chi connectivity index (χ2v) is 4.42. The molecule has 0 bridgehead atoms. The zero-order chi connectivity index (χ0) is 10.0. The maximum absolute atomic E-state index is 11.6. The van der Waals surface area contributed by atoms with Gasteiger partial charge in [-0.05, 0) is 25.7 Å². The monoisotopic (exact) mass is 212 g/mol. The highest BCUT2D eigenvalue weighted by atomic mass is 32.1. The highest BCUT2D eigenvalue weighted by Gasteiger charge is 2.38. The van der Waals surface area contributed by atoms with E-state index in [0.29, 0.717) is 18.0 Å². The Bertz CT molecular complexity index is 318. The van der Waals surface area contributed by atoms with Gasteiger partial charge < -0.3 is 5.11 Å². The summed E-state index contributed by atoms with van der Waals surface area (Å²) in [5.41, 5.74) is -1.16. The van der Waals surface area contributed by atoms with Crippen molar-refractivity contribution in [2.45, 2.75) is 31.3 Å². The Labute approximate surface area is 86.0 Å². The summed E-state index contributed by atoms with van der Waals surface area (Å²) >= 11 is 1.35. The molecule has 1 aliphatic rings. The summed E-state index contributed by atoms with van der Waals surface area (Å²) in [5.74, 6) is -0.315. The van der Waals surface area contributed by atoms with E-state index in [9.17, 15) is 9.90 Å². The molecule has 2 N–H and O–H groups in total. The second kappa shape index (κ2) is 3.67. The van der Waals surface area contributed by atoms with Crippen LogP contribution < -0.4 is 5.32 Å². The Morgan fingerprint density at radius 1 is 1.57 bits per heavy atom. The van der Waals surface area contributed by atoms with Gasteiger partial charge in [-0.15, -0.1) is 11.3 Å². The number of aliphatic hydroxyl groups is 1. The van der Waals surface area contributed by atoms with Gasteiger partial charge in [-0.2, -0.15) is 0 Å². The Morgan fingerprint density at radius 2 is 2.29 bits per heavy atom. The predicted molar refractivity (Wildman–Crippen MR) is 54.2 cm³/mol. The molecule has 1 amide bonds. The lowest BCUT2D eigenvalue weighted by molar-refractivity contribution is -0.133. The van der Waals surface area contributed by atoms with Crippen LogP contribution in [0.1, 0.15) is 25.7 Å². The van der Waals surface area contributed by atoms with Crippen LogP contribution in [0, 0.1) is 0 Å². The number of amides is 1. The van der Waals surface area contributed by atoms with Gasteiger partial charge in [-0.1, -0.05) is 0 Å². The molecule has 0 radical (unpaired) electrons. The van der Waals surface area contributed by atoms with E-state index in [1.807, 2.05) is 0 Å². The van der Waals surface area contributed by atoms with Crippen LogP contribution in [0.25, 0.3) is 0 Å². The van der Waals surface area contributed by atoms with E-state index >= 15 is 0 Å². The van der Waals surface area contributed by atoms with Crippen LogP contribution >= 0.6 is 11.3 Å². The molecule has 4 nitrogen and oxygen atoms in total. The molecule has 1 fully saturated rings. The fourth-order valence-corrected chi connectivity index (χ4v) is 2.21. The third kappa shape index (κ3) is 1.78. The highest BCUT2D eigenvalue weighted by molar-refractivity contribution is 7.13. The summed E-state index contributed by atoms with van der Waals surface area (Å²) in [5, 5.41) is 14.9. The summed E-state index contributed by atoms with van der Waals surface area (Å²) < 4.78 is 0. The second-order valence-electron chi connectivity index (χ2n) is 3.53. The molecule has 1 aromatic heterocycles. The lowest BCUT2D eigenvalue weighted by atomic mass is 10.0. The lowest BCUT2D eigenvalue weighted by Gasteiger charge is -2.19. The van der Waals surface area contributed by atoms with Crippen molar-refractivity contribution in [2.75, 3.05) is 5.32 Å². The largest absolute Gasteiger partial charge is 0.380 e. The predicted octanol–water partition coefficient (Wildman–Crippen LogP) is 1.39. The minimum atomic E-state index is -1.16. The smallest absolute Gasteiger partial charge is 0.258 e. The summed E-state index contributed by atoms with van der Waals surface area (Å²) in [6.07, 6.45) is 4.58. The number of carbonyl (C=O) groups excluding carboxylic acids is 1. The van der Waals surface area contributed by atoms with Gasteiger partial charge in [0.1, 0.15) is 5.60 Å². The number of rotatable bonds is 2. The van der Waals surface area contributed by atoms with Gasteiger partial charge in [-0.3, -0.25) is 10.1 Å². The van der Waals surface area contributed by atoms with E-state index in [0.717, 1.165) is 12.8 Å². The van der Waals surface area contributed by atoms with Crippen molar-refractivity contribution in [3.63, 3.8) is 0 Å². The Balaban J connectivity index is 2.02. The fraction of sp³-hybridized carbons (Fsp3) is 0.556. The van der Waals surface area contributed by atoms with Crippen molar-refractivity contribution in [2.24, 2.45) is 0 Å². The van der Waals surface area contributed by atoms with Gasteiger partial charge in [0.25, 0.3) is 5.91 Å². The third-order valence-corrected chi connectivity index (χ3v) is 3.19. The molecule has 0 spiro atoms. The number of nitrogens with zero attached hydrogens (tertiary/aromatic N) is 1. The number of anilines is 1. The number of carbonyl (C=O) groups is 1. The highest BCUT2D eigenvalue weighted by Crippen LogP contribution is 2.30. The summed E-state index contributed by atoms with van der Waals surface area (Å²) in [7, 11) is 0. The zero-order valence-electron chi connectivity index (χ0n) is 7.69. The van der Waals surface area contributed by atoms with Crippen molar-refractivity contribution in [3.8, 4) is 0 Å². The molecule has 5 heteroatoms. The molecular formula is C9H12N2O2S. The quantitative estimate of drug-likeness (QED) is 0.778. The van der Waals surface area contributed by atoms with Gasteiger partial charge in [0.2, 0.25) is 0 Å². The van der Waals surface area contributed by atoms with Crippen LogP contribution in [0.2, 0.25) is 0 Å². The molecule has 1 saturated carbocycles. The standard InChI is InChI=1S/C9H12N2O2S/c12-7(9(13)3-1-2-4-9)11-8-10-5-6-14-8/h5-6,13H,1-4H2,(H,10,11,12). The molecule has 1 aromatic rings. The molecule has 76 valence electrons. The lowest BCUT2D eigenvalue weighted by Crippen LogP contribution is -2.40. The molecule has 0 unspecified atom stereocenters. The van der Waals surface area contributed by atoms with E-state index in [2.05, 4.69) is 10.3 Å². The van der Waals surface area contributed by atoms with Gasteiger partial charge >= 0.3 is 0 Å². The molecular weight excluding hydrogens is 200 g/mol. The van der Waals surface area contributed by atoms with Crippen LogP contribution in [-0.4, -0.2) is 21.6 Å². The van der Waals surface area contributed by atoms with Gasteiger partial charge in [0, 0.05) is 11.6 Å². The zero-order valence-corrected chi connectivity index (χ0v) is 8.51. The molecule has 1 heterocycles. The number of hydrogen-bond donors (Lipinski definition) is 2. The fourth-order valence-electron chi connectivity index (χ4n) is 1.69. The normalized spacial score (nSPS) is 19.5. The van der Waals surface area contributed by atoms with Crippen molar-refractivity contribution in [1.82, 2.24) is 4.98 Å². The van der Waals surface area contributed by atoms with Crippen LogP contribution in [0.4, 0.5) is 5.13 Å². The van der Waals surface area contributed by atoms with Gasteiger partial charge in [-0.25, -0.2) is 4.98 Å². The minimum absolute atomic E-state index is 0.315. The van der Waals surface area contributed by atoms with Crippen molar-refractivity contribution >= 4 is 22.4 Å². The first-order valence-electron chi connectivity index (χ1n) is 4.64. The van der Waals surface area contributed by atoms with Crippen LogP contribution in [-0.2, 0) is 4.79 Å². The first-order chi connectivity index (χ1) is 6.71. The molecule has 0 aliphatic heterocycles. The van der Waals surface area contributed by atoms with Crippen molar-refractivity contribution < 1.29 is 9.90 Å². The average molecular weight is 212 g/mol. The van der Waals surface area contributed by atoms with Crippen LogP contribution in [0.5, 0.6) is 0 Å². The van der Waals surface area contributed by atoms with E-state index in [1.165, 1.54) is 11.3 Å². The number of nitrogens with one attached hydrogen (secondary N) is 1. The van der Waals surface area contributed by atoms with E-state index in [4.69, 9.17) is 0 Å². The molecule has 1 aliphatic carbocycles. The summed E-state index contributed by atoms with van der Waals surface area (Å²) in [4.78, 5) is 15.6. The topological polar surface area (TPSA) is 62.2 Å². The Hall–Kier alpha value is -0.940. The van der Waals surface area contributed by atoms with E-state index in [1.54, 1.807) is 11.6 Å². The summed E-state index contributed by atoms with van der Waals surface area (Å²) in [6, 6.07) is 0. The molecule has 2 rings (SSSR count). The molecule has 0 saturated heterocycles. The Kier molecular flexibility index (Phi) is 2.52. The SMILES string of the molecule is O=C(Nc1nccs1)C1(O)CCCC1. The van der Waals surface area contributed by atoms with Gasteiger partial charge in [0.15, 0.2) is 5.13 Å². The number of hydrogen-bond acceptors (Lipinski definition) is 4. The van der Waals surface area contributed by atoms with Crippen LogP contribution in [0.3, 0.4) is 0 Å². The molecule has 0 atom stereocenters. The molecule has 0 aromatic carbocycles. The minimum Gasteiger partial charge on any atom is -0.380 e. The first-order valence-corrected chi connectivity index (χ1v) is 5.52. The van der Waals surface area contributed by atoms with Crippen molar-refractivity contribution in [3.05, 3.63) is 11.6 Å². The number of aromatic nitrogens is 1. The van der Waals surface area contributed by atoms with Gasteiger partial charge in [0.05, 0.1) is 0 Å². The Morgan fingerprint density at radius 3 is 2.86 bits per heavy atom. The maximum atomic E-state index is 11.6.